The number of hydrogen-bond donors (Lipinski definition) is 4. The molecule has 31 heavy (non-hydrogen) atoms. The van der Waals surface area contributed by atoms with Crippen LogP contribution in [0.4, 0.5) is 26.7 Å². The van der Waals surface area contributed by atoms with Gasteiger partial charge in [-0.3, -0.25) is 4.79 Å². The molecular weight excluding hydrogens is 394 g/mol. The molecule has 8 nitrogen and oxygen atoms in total. The Bertz CT molecular complexity index is 930. The van der Waals surface area contributed by atoms with Crippen LogP contribution in [0, 0.1) is 19.8 Å². The third-order valence-electron chi connectivity index (χ3n) is 5.27. The van der Waals surface area contributed by atoms with Crippen molar-refractivity contribution in [2.75, 3.05) is 36.1 Å². The number of anilines is 3. The number of nitrogens with one attached hydrogen (secondary N) is 4. The van der Waals surface area contributed by atoms with E-state index in [4.69, 9.17) is 0 Å². The second kappa shape index (κ2) is 9.97. The van der Waals surface area contributed by atoms with Gasteiger partial charge in [0.2, 0.25) is 5.91 Å². The lowest BCUT2D eigenvalue weighted by Gasteiger charge is -2.31. The Hall–Kier alpha value is -3.55. The zero-order chi connectivity index (χ0) is 22.4. The van der Waals surface area contributed by atoms with E-state index in [-0.39, 0.29) is 23.9 Å². The highest BCUT2D eigenvalue weighted by Crippen LogP contribution is 2.20. The molecule has 4 N–H and O–H groups in total. The topological polar surface area (TPSA) is 103 Å². The number of amides is 5. The van der Waals surface area contributed by atoms with E-state index in [2.05, 4.69) is 21.3 Å². The fraction of sp³-hybridized carbons (Fsp3) is 0.348. The fourth-order valence-electron chi connectivity index (χ4n) is 3.73. The van der Waals surface area contributed by atoms with Crippen molar-refractivity contribution in [2.24, 2.45) is 5.92 Å². The van der Waals surface area contributed by atoms with Crippen LogP contribution in [0.2, 0.25) is 0 Å². The number of hydrogen-bond acceptors (Lipinski definition) is 3. The van der Waals surface area contributed by atoms with Crippen LogP contribution in [0.3, 0.4) is 0 Å². The monoisotopic (exact) mass is 423 g/mol. The van der Waals surface area contributed by atoms with Crippen LogP contribution in [0.15, 0.2) is 42.5 Å². The predicted molar refractivity (Wildman–Crippen MR) is 122 cm³/mol. The molecule has 3 rings (SSSR count). The average Bonchev–Trinajstić information content (AvgIpc) is 2.73. The number of benzene rings is 2. The summed E-state index contributed by atoms with van der Waals surface area (Å²) in [7, 11) is 1.63. The van der Waals surface area contributed by atoms with Gasteiger partial charge in [-0.2, -0.15) is 0 Å². The molecule has 1 aliphatic rings. The van der Waals surface area contributed by atoms with Crippen molar-refractivity contribution in [3.8, 4) is 0 Å². The molecule has 0 spiro atoms. The first kappa shape index (κ1) is 22.1. The van der Waals surface area contributed by atoms with Crippen LogP contribution < -0.4 is 21.3 Å². The SMILES string of the molecule is CNC(=O)C1CCN(C(=O)Nc2ccc(NC(=O)Nc3cc(C)cc(C)c3)cc2)CC1. The second-order valence-corrected chi connectivity index (χ2v) is 7.84. The first-order valence-corrected chi connectivity index (χ1v) is 10.4. The van der Waals surface area contributed by atoms with Crippen LogP contribution in [-0.4, -0.2) is 43.0 Å². The van der Waals surface area contributed by atoms with E-state index in [1.807, 2.05) is 32.0 Å². The van der Waals surface area contributed by atoms with Crippen LogP contribution in [0.25, 0.3) is 0 Å². The van der Waals surface area contributed by atoms with Gasteiger partial charge in [-0.05, 0) is 74.2 Å². The minimum atomic E-state index is -0.333. The van der Waals surface area contributed by atoms with Crippen molar-refractivity contribution in [3.63, 3.8) is 0 Å². The highest BCUT2D eigenvalue weighted by Gasteiger charge is 2.26. The molecule has 164 valence electrons. The molecule has 0 atom stereocenters. The summed E-state index contributed by atoms with van der Waals surface area (Å²) >= 11 is 0. The van der Waals surface area contributed by atoms with E-state index in [0.29, 0.717) is 37.3 Å². The summed E-state index contributed by atoms with van der Waals surface area (Å²) in [5.41, 5.74) is 4.14. The van der Waals surface area contributed by atoms with E-state index in [0.717, 1.165) is 16.8 Å². The lowest BCUT2D eigenvalue weighted by molar-refractivity contribution is -0.125. The quantitative estimate of drug-likeness (QED) is 0.599. The van der Waals surface area contributed by atoms with Gasteiger partial charge in [-0.15, -0.1) is 0 Å². The highest BCUT2D eigenvalue weighted by atomic mass is 16.2. The van der Waals surface area contributed by atoms with Gasteiger partial charge in [0.15, 0.2) is 0 Å². The molecule has 0 bridgehead atoms. The van der Waals surface area contributed by atoms with Crippen molar-refractivity contribution in [1.82, 2.24) is 10.2 Å². The van der Waals surface area contributed by atoms with Crippen molar-refractivity contribution in [2.45, 2.75) is 26.7 Å². The summed E-state index contributed by atoms with van der Waals surface area (Å²) in [6, 6.07) is 12.3. The maximum absolute atomic E-state index is 12.5. The molecule has 1 fully saturated rings. The first-order valence-electron chi connectivity index (χ1n) is 10.4. The molecule has 1 aliphatic heterocycles. The minimum absolute atomic E-state index is 0.0321. The van der Waals surface area contributed by atoms with E-state index < -0.39 is 0 Å². The number of piperidine rings is 1. The molecular formula is C23H29N5O3. The molecule has 0 aromatic heterocycles. The number of carbonyl (C=O) groups is 3. The molecule has 2 aromatic carbocycles. The Balaban J connectivity index is 1.49. The molecule has 2 aromatic rings. The normalized spacial score (nSPS) is 14.0. The minimum Gasteiger partial charge on any atom is -0.359 e. The van der Waals surface area contributed by atoms with Gasteiger partial charge in [0.25, 0.3) is 0 Å². The summed E-state index contributed by atoms with van der Waals surface area (Å²) in [6.45, 7) is 5.05. The molecule has 1 saturated heterocycles. The van der Waals surface area contributed by atoms with E-state index >= 15 is 0 Å². The molecule has 8 heteroatoms. The third-order valence-corrected chi connectivity index (χ3v) is 5.27. The Morgan fingerprint density at radius 1 is 0.806 bits per heavy atom. The molecule has 0 saturated carbocycles. The Morgan fingerprint density at radius 2 is 1.32 bits per heavy atom. The highest BCUT2D eigenvalue weighted by molar-refractivity contribution is 6.00. The Morgan fingerprint density at radius 3 is 1.87 bits per heavy atom. The molecule has 0 aliphatic carbocycles. The maximum Gasteiger partial charge on any atom is 0.323 e. The second-order valence-electron chi connectivity index (χ2n) is 7.84. The van der Waals surface area contributed by atoms with Crippen molar-refractivity contribution < 1.29 is 14.4 Å². The lowest BCUT2D eigenvalue weighted by atomic mass is 9.96. The van der Waals surface area contributed by atoms with Gasteiger partial charge >= 0.3 is 12.1 Å². The molecule has 0 radical (unpaired) electrons. The number of aryl methyl sites for hydroxylation is 2. The van der Waals surface area contributed by atoms with Crippen LogP contribution in [0.1, 0.15) is 24.0 Å². The number of likely N-dealkylation sites (tertiary alicyclic amines) is 1. The largest absolute Gasteiger partial charge is 0.359 e. The van der Waals surface area contributed by atoms with Gasteiger partial charge in [0, 0.05) is 43.1 Å². The smallest absolute Gasteiger partial charge is 0.323 e. The summed E-state index contributed by atoms with van der Waals surface area (Å²) in [5.74, 6) is -0.000938. The third kappa shape index (κ3) is 6.21. The standard InChI is InChI=1S/C23H29N5O3/c1-15-12-16(2)14-20(13-15)26-22(30)25-18-4-6-19(7-5-18)27-23(31)28-10-8-17(9-11-28)21(29)24-3/h4-7,12-14,17H,8-11H2,1-3H3,(H,24,29)(H,27,31)(H2,25,26,30). The van der Waals surface area contributed by atoms with Crippen LogP contribution >= 0.6 is 0 Å². The van der Waals surface area contributed by atoms with Crippen LogP contribution in [-0.2, 0) is 4.79 Å². The van der Waals surface area contributed by atoms with E-state index in [1.54, 1.807) is 36.2 Å². The summed E-state index contributed by atoms with van der Waals surface area (Å²) in [4.78, 5) is 38.1. The van der Waals surface area contributed by atoms with E-state index in [9.17, 15) is 14.4 Å². The fourth-order valence-corrected chi connectivity index (χ4v) is 3.73. The average molecular weight is 424 g/mol. The molecule has 5 amide bonds. The molecule has 1 heterocycles. The Kier molecular flexibility index (Phi) is 7.12. The van der Waals surface area contributed by atoms with Gasteiger partial charge in [0.05, 0.1) is 0 Å². The summed E-state index contributed by atoms with van der Waals surface area (Å²) < 4.78 is 0. The first-order chi connectivity index (χ1) is 14.8. The number of urea groups is 2. The zero-order valence-electron chi connectivity index (χ0n) is 18.1. The van der Waals surface area contributed by atoms with Gasteiger partial charge in [-0.1, -0.05) is 6.07 Å². The summed E-state index contributed by atoms with van der Waals surface area (Å²) in [5, 5.41) is 11.1. The van der Waals surface area contributed by atoms with Gasteiger partial charge in [-0.25, -0.2) is 9.59 Å². The van der Waals surface area contributed by atoms with Crippen molar-refractivity contribution in [1.29, 1.82) is 0 Å². The van der Waals surface area contributed by atoms with Gasteiger partial charge < -0.3 is 26.2 Å². The zero-order valence-corrected chi connectivity index (χ0v) is 18.1. The maximum atomic E-state index is 12.5. The predicted octanol–water partition coefficient (Wildman–Crippen LogP) is 3.94. The molecule has 0 unspecified atom stereocenters. The number of carbonyl (C=O) groups excluding carboxylic acids is 3. The van der Waals surface area contributed by atoms with Crippen LogP contribution in [0.5, 0.6) is 0 Å². The number of nitrogens with zero attached hydrogens (tertiary/aromatic N) is 1. The van der Waals surface area contributed by atoms with Gasteiger partial charge in [0.1, 0.15) is 0 Å². The lowest BCUT2D eigenvalue weighted by Crippen LogP contribution is -2.44. The summed E-state index contributed by atoms with van der Waals surface area (Å²) in [6.07, 6.45) is 1.32. The van der Waals surface area contributed by atoms with Crippen molar-refractivity contribution in [3.05, 3.63) is 53.6 Å². The number of rotatable bonds is 4. The Labute approximate surface area is 182 Å². The van der Waals surface area contributed by atoms with Crippen molar-refractivity contribution >= 4 is 35.0 Å². The van der Waals surface area contributed by atoms with E-state index in [1.165, 1.54) is 0 Å².